The Morgan fingerprint density at radius 2 is 1.97 bits per heavy atom. The molecule has 0 unspecified atom stereocenters. The first-order valence-corrected chi connectivity index (χ1v) is 9.96. The molecule has 0 bridgehead atoms. The van der Waals surface area contributed by atoms with Gasteiger partial charge in [-0.3, -0.25) is 4.79 Å². The second kappa shape index (κ2) is 8.54. The maximum atomic E-state index is 12.6. The van der Waals surface area contributed by atoms with Crippen molar-refractivity contribution in [3.05, 3.63) is 76.5 Å². The van der Waals surface area contributed by atoms with Gasteiger partial charge >= 0.3 is 0 Å². The van der Waals surface area contributed by atoms with Gasteiger partial charge in [-0.05, 0) is 36.4 Å². The van der Waals surface area contributed by atoms with E-state index in [2.05, 4.69) is 31.3 Å². The molecule has 4 rings (SSSR count). The number of amides is 1. The van der Waals surface area contributed by atoms with Crippen molar-refractivity contribution in [1.82, 2.24) is 14.8 Å². The summed E-state index contributed by atoms with van der Waals surface area (Å²) in [5.74, 6) is 1.20. The second-order valence-electron chi connectivity index (χ2n) is 6.58. The Morgan fingerprint density at radius 1 is 1.10 bits per heavy atom. The summed E-state index contributed by atoms with van der Waals surface area (Å²) in [5, 5.41) is 8.09. The van der Waals surface area contributed by atoms with E-state index in [1.165, 1.54) is 0 Å². The molecular formula is C22H19BrN4O3. The van der Waals surface area contributed by atoms with E-state index in [0.717, 1.165) is 21.2 Å². The molecule has 1 N–H and O–H groups in total. The highest BCUT2D eigenvalue weighted by Crippen LogP contribution is 2.26. The molecule has 0 saturated carbocycles. The van der Waals surface area contributed by atoms with Crippen LogP contribution in [0.25, 0.3) is 11.0 Å². The number of hydrogen-bond acceptors (Lipinski definition) is 5. The molecule has 2 heterocycles. The molecule has 0 fully saturated rings. The van der Waals surface area contributed by atoms with E-state index >= 15 is 0 Å². The van der Waals surface area contributed by atoms with Gasteiger partial charge in [0, 0.05) is 33.4 Å². The monoisotopic (exact) mass is 466 g/mol. The van der Waals surface area contributed by atoms with Crippen molar-refractivity contribution in [2.45, 2.75) is 6.54 Å². The average Bonchev–Trinajstić information content (AvgIpc) is 3.16. The van der Waals surface area contributed by atoms with Gasteiger partial charge in [0.1, 0.15) is 11.5 Å². The molecule has 0 radical (unpaired) electrons. The summed E-state index contributed by atoms with van der Waals surface area (Å²) in [4.78, 5) is 17.1. The molecule has 1 amide bonds. The van der Waals surface area contributed by atoms with Crippen LogP contribution < -0.4 is 14.8 Å². The van der Waals surface area contributed by atoms with E-state index in [0.29, 0.717) is 29.2 Å². The number of halogens is 1. The number of carbonyl (C=O) groups excluding carboxylic acids is 1. The lowest BCUT2D eigenvalue weighted by atomic mass is 10.2. The quantitative estimate of drug-likeness (QED) is 0.452. The van der Waals surface area contributed by atoms with Crippen LogP contribution in [-0.4, -0.2) is 34.9 Å². The minimum atomic E-state index is -0.230. The molecule has 30 heavy (non-hydrogen) atoms. The molecule has 152 valence electrons. The summed E-state index contributed by atoms with van der Waals surface area (Å²) in [7, 11) is 3.23. The third-order valence-electron chi connectivity index (χ3n) is 4.63. The first-order valence-electron chi connectivity index (χ1n) is 9.17. The number of ether oxygens (including phenoxy) is 2. The van der Waals surface area contributed by atoms with Crippen LogP contribution >= 0.6 is 15.9 Å². The molecule has 2 aromatic carbocycles. The first kappa shape index (κ1) is 19.9. The van der Waals surface area contributed by atoms with Gasteiger partial charge in [0.2, 0.25) is 0 Å². The van der Waals surface area contributed by atoms with Gasteiger partial charge in [-0.15, -0.1) is 0 Å². The van der Waals surface area contributed by atoms with E-state index < -0.39 is 0 Å². The number of hydrogen-bond donors (Lipinski definition) is 1. The maximum absolute atomic E-state index is 12.6. The van der Waals surface area contributed by atoms with Crippen LogP contribution in [0.2, 0.25) is 0 Å². The lowest BCUT2D eigenvalue weighted by Crippen LogP contribution is -2.12. The van der Waals surface area contributed by atoms with E-state index in [1.807, 2.05) is 42.5 Å². The summed E-state index contributed by atoms with van der Waals surface area (Å²) in [6.07, 6.45) is 3.26. The predicted molar refractivity (Wildman–Crippen MR) is 118 cm³/mol. The van der Waals surface area contributed by atoms with E-state index in [4.69, 9.17) is 9.47 Å². The number of aromatic nitrogens is 3. The summed E-state index contributed by atoms with van der Waals surface area (Å²) >= 11 is 3.40. The van der Waals surface area contributed by atoms with Crippen molar-refractivity contribution < 1.29 is 14.3 Å². The highest BCUT2D eigenvalue weighted by Gasteiger charge is 2.13. The van der Waals surface area contributed by atoms with Gasteiger partial charge < -0.3 is 14.8 Å². The van der Waals surface area contributed by atoms with Crippen LogP contribution in [0.3, 0.4) is 0 Å². The number of fused-ring (bicyclic) bond motifs is 1. The molecule has 4 aromatic rings. The number of methoxy groups -OCH3 is 2. The molecular weight excluding hydrogens is 448 g/mol. The van der Waals surface area contributed by atoms with Crippen LogP contribution in [0.5, 0.6) is 11.5 Å². The van der Waals surface area contributed by atoms with Gasteiger partial charge in [0.15, 0.2) is 5.65 Å². The van der Waals surface area contributed by atoms with Crippen molar-refractivity contribution in [1.29, 1.82) is 0 Å². The fourth-order valence-corrected chi connectivity index (χ4v) is 3.52. The minimum absolute atomic E-state index is 0.230. The fourth-order valence-electron chi connectivity index (χ4n) is 3.13. The van der Waals surface area contributed by atoms with E-state index in [1.54, 1.807) is 37.4 Å². The second-order valence-corrected chi connectivity index (χ2v) is 7.50. The number of anilines is 1. The van der Waals surface area contributed by atoms with Gasteiger partial charge in [0.05, 0.1) is 32.5 Å². The van der Waals surface area contributed by atoms with Gasteiger partial charge in [-0.25, -0.2) is 9.67 Å². The average molecular weight is 467 g/mol. The van der Waals surface area contributed by atoms with E-state index in [-0.39, 0.29) is 5.91 Å². The third kappa shape index (κ3) is 4.13. The van der Waals surface area contributed by atoms with Gasteiger partial charge in [-0.2, -0.15) is 5.10 Å². The van der Waals surface area contributed by atoms with Gasteiger partial charge in [0.25, 0.3) is 5.91 Å². The summed E-state index contributed by atoms with van der Waals surface area (Å²) in [6.45, 7) is 0.479. The Bertz CT molecular complexity index is 1220. The highest BCUT2D eigenvalue weighted by atomic mass is 79.9. The summed E-state index contributed by atoms with van der Waals surface area (Å²) in [6, 6.07) is 14.8. The SMILES string of the molecule is COc1ccc(Cn2ncc3cc(C(=O)Nc4cccc(Br)c4)cnc32)c(OC)c1. The minimum Gasteiger partial charge on any atom is -0.497 e. The zero-order valence-electron chi connectivity index (χ0n) is 16.4. The highest BCUT2D eigenvalue weighted by molar-refractivity contribution is 9.10. The third-order valence-corrected chi connectivity index (χ3v) is 5.13. The molecule has 0 aliphatic heterocycles. The van der Waals surface area contributed by atoms with Crippen molar-refractivity contribution in [3.8, 4) is 11.5 Å². The molecule has 2 aromatic heterocycles. The van der Waals surface area contributed by atoms with Crippen molar-refractivity contribution in [3.63, 3.8) is 0 Å². The Balaban J connectivity index is 1.57. The lowest BCUT2D eigenvalue weighted by molar-refractivity contribution is 0.102. The molecule has 0 aliphatic rings. The maximum Gasteiger partial charge on any atom is 0.257 e. The zero-order valence-corrected chi connectivity index (χ0v) is 18.0. The van der Waals surface area contributed by atoms with E-state index in [9.17, 15) is 4.79 Å². The topological polar surface area (TPSA) is 78.3 Å². The van der Waals surface area contributed by atoms with Crippen molar-refractivity contribution in [2.24, 2.45) is 0 Å². The molecule has 7 nitrogen and oxygen atoms in total. The van der Waals surface area contributed by atoms with Crippen LogP contribution in [-0.2, 0) is 6.54 Å². The van der Waals surface area contributed by atoms with Crippen molar-refractivity contribution in [2.75, 3.05) is 19.5 Å². The normalized spacial score (nSPS) is 10.8. The standard InChI is InChI=1S/C22H19BrN4O3/c1-29-19-7-6-14(20(10-19)30-2)13-27-21-15(12-25-27)8-16(11-24-21)22(28)26-18-5-3-4-17(23)9-18/h3-12H,13H2,1-2H3,(H,26,28). The molecule has 0 aliphatic carbocycles. The van der Waals surface area contributed by atoms with Gasteiger partial charge in [-0.1, -0.05) is 22.0 Å². The Labute approximate surface area is 181 Å². The smallest absolute Gasteiger partial charge is 0.257 e. The van der Waals surface area contributed by atoms with Crippen LogP contribution in [0.4, 0.5) is 5.69 Å². The number of nitrogens with one attached hydrogen (secondary N) is 1. The summed E-state index contributed by atoms with van der Waals surface area (Å²) < 4.78 is 13.4. The Morgan fingerprint density at radius 3 is 2.73 bits per heavy atom. The predicted octanol–water partition coefficient (Wildman–Crippen LogP) is 4.51. The number of benzene rings is 2. The van der Waals surface area contributed by atoms with Crippen LogP contribution in [0.15, 0.2) is 65.4 Å². The zero-order chi connectivity index (χ0) is 21.1. The Hall–Kier alpha value is -3.39. The lowest BCUT2D eigenvalue weighted by Gasteiger charge is -2.11. The van der Waals surface area contributed by atoms with Crippen LogP contribution in [0, 0.1) is 0 Å². The van der Waals surface area contributed by atoms with Crippen LogP contribution in [0.1, 0.15) is 15.9 Å². The fraction of sp³-hybridized carbons (Fsp3) is 0.136. The number of rotatable bonds is 6. The largest absolute Gasteiger partial charge is 0.497 e. The van der Waals surface area contributed by atoms with Crippen molar-refractivity contribution >= 4 is 38.6 Å². The number of carbonyl (C=O) groups is 1. The molecule has 8 heteroatoms. The molecule has 0 saturated heterocycles. The number of nitrogens with zero attached hydrogens (tertiary/aromatic N) is 3. The Kier molecular flexibility index (Phi) is 5.67. The number of pyridine rings is 1. The summed E-state index contributed by atoms with van der Waals surface area (Å²) in [5.41, 5.74) is 2.80. The first-order chi connectivity index (χ1) is 14.6. The molecule has 0 spiro atoms. The molecule has 0 atom stereocenters.